The molecule has 3 N–H and O–H groups in total. The Kier molecular flexibility index (Phi) is 3.26. The number of carbonyl (C=O) groups excluding carboxylic acids is 1. The van der Waals surface area contributed by atoms with Gasteiger partial charge in [-0.1, -0.05) is 0 Å². The minimum atomic E-state index is -0.339. The number of carbonyl (C=O) groups is 1. The van der Waals surface area contributed by atoms with E-state index >= 15 is 0 Å². The lowest BCUT2D eigenvalue weighted by Crippen LogP contribution is -2.50. The van der Waals surface area contributed by atoms with Crippen molar-refractivity contribution in [3.05, 3.63) is 23.5 Å². The van der Waals surface area contributed by atoms with Gasteiger partial charge < -0.3 is 15.8 Å². The van der Waals surface area contributed by atoms with Crippen molar-refractivity contribution < 1.29 is 9.53 Å². The highest BCUT2D eigenvalue weighted by Gasteiger charge is 2.38. The Morgan fingerprint density at radius 2 is 2.39 bits per heavy atom. The third-order valence-electron chi connectivity index (χ3n) is 3.60. The van der Waals surface area contributed by atoms with Gasteiger partial charge in [0.25, 0.3) is 5.91 Å². The van der Waals surface area contributed by atoms with Crippen LogP contribution < -0.4 is 11.1 Å². The predicted octanol–water partition coefficient (Wildman–Crippen LogP) is 1.27. The third-order valence-corrected chi connectivity index (χ3v) is 3.60. The molecule has 1 aliphatic rings. The van der Waals surface area contributed by atoms with E-state index in [0.717, 1.165) is 12.1 Å². The summed E-state index contributed by atoms with van der Waals surface area (Å²) in [6.07, 6.45) is 2.32. The van der Waals surface area contributed by atoms with Gasteiger partial charge in [-0.3, -0.25) is 9.78 Å². The van der Waals surface area contributed by atoms with Crippen molar-refractivity contribution >= 4 is 11.6 Å². The fraction of sp³-hybridized carbons (Fsp3) is 0.538. The van der Waals surface area contributed by atoms with Crippen LogP contribution in [0.5, 0.6) is 0 Å². The Labute approximate surface area is 107 Å². The first-order valence-electron chi connectivity index (χ1n) is 6.08. The normalized spacial score (nSPS) is 27.2. The van der Waals surface area contributed by atoms with Gasteiger partial charge in [-0.15, -0.1) is 0 Å². The number of ether oxygens (including phenoxy) is 1. The van der Waals surface area contributed by atoms with Crippen molar-refractivity contribution in [2.45, 2.75) is 38.8 Å². The van der Waals surface area contributed by atoms with Gasteiger partial charge in [-0.25, -0.2) is 0 Å². The number of aromatic nitrogens is 1. The molecule has 1 saturated heterocycles. The summed E-state index contributed by atoms with van der Waals surface area (Å²) >= 11 is 0. The fourth-order valence-electron chi connectivity index (χ4n) is 2.10. The topological polar surface area (TPSA) is 77.2 Å². The number of hydrogen-bond acceptors (Lipinski definition) is 4. The van der Waals surface area contributed by atoms with Crippen molar-refractivity contribution in [1.82, 2.24) is 10.3 Å². The van der Waals surface area contributed by atoms with Crippen LogP contribution in [0.25, 0.3) is 0 Å². The maximum atomic E-state index is 12.2. The number of anilines is 1. The highest BCUT2D eigenvalue weighted by atomic mass is 16.5. The van der Waals surface area contributed by atoms with Crippen molar-refractivity contribution in [1.29, 1.82) is 0 Å². The van der Waals surface area contributed by atoms with Crippen molar-refractivity contribution in [2.75, 3.05) is 12.3 Å². The molecule has 1 aliphatic heterocycles. The highest BCUT2D eigenvalue weighted by molar-refractivity contribution is 5.99. The van der Waals surface area contributed by atoms with Crippen LogP contribution >= 0.6 is 0 Å². The number of amides is 1. The number of rotatable bonds is 2. The number of pyridine rings is 1. The van der Waals surface area contributed by atoms with Crippen LogP contribution in [-0.2, 0) is 4.74 Å². The second kappa shape index (κ2) is 4.57. The van der Waals surface area contributed by atoms with E-state index in [2.05, 4.69) is 10.3 Å². The van der Waals surface area contributed by atoms with E-state index < -0.39 is 0 Å². The first-order chi connectivity index (χ1) is 8.42. The quantitative estimate of drug-likeness (QED) is 0.827. The van der Waals surface area contributed by atoms with Gasteiger partial charge in [0.1, 0.15) is 0 Å². The molecular formula is C13H19N3O2. The van der Waals surface area contributed by atoms with Crippen LogP contribution in [0.1, 0.15) is 36.3 Å². The average molecular weight is 249 g/mol. The molecule has 0 saturated carbocycles. The maximum absolute atomic E-state index is 12.2. The Morgan fingerprint density at radius 3 is 2.94 bits per heavy atom. The lowest BCUT2D eigenvalue weighted by Gasteiger charge is -2.29. The van der Waals surface area contributed by atoms with E-state index in [1.807, 2.05) is 20.8 Å². The van der Waals surface area contributed by atoms with E-state index in [4.69, 9.17) is 10.5 Å². The van der Waals surface area contributed by atoms with Crippen LogP contribution in [0.4, 0.5) is 5.69 Å². The molecule has 0 radical (unpaired) electrons. The smallest absolute Gasteiger partial charge is 0.255 e. The Bertz CT molecular complexity index is 475. The number of aryl methyl sites for hydroxylation is 1. The molecule has 1 aromatic rings. The molecule has 0 aliphatic carbocycles. The van der Waals surface area contributed by atoms with Gasteiger partial charge >= 0.3 is 0 Å². The summed E-state index contributed by atoms with van der Waals surface area (Å²) in [4.78, 5) is 16.3. The molecule has 1 fully saturated rings. The van der Waals surface area contributed by atoms with E-state index in [1.54, 1.807) is 6.07 Å². The van der Waals surface area contributed by atoms with Gasteiger partial charge in [0.15, 0.2) is 0 Å². The molecule has 1 amide bonds. The molecule has 0 spiro atoms. The highest BCUT2D eigenvalue weighted by Crippen LogP contribution is 2.26. The van der Waals surface area contributed by atoms with Crippen molar-refractivity contribution in [3.8, 4) is 0 Å². The van der Waals surface area contributed by atoms with Crippen molar-refractivity contribution in [3.63, 3.8) is 0 Å². The molecule has 2 atom stereocenters. The first-order valence-corrected chi connectivity index (χ1v) is 6.08. The van der Waals surface area contributed by atoms with Gasteiger partial charge in [-0.2, -0.15) is 0 Å². The summed E-state index contributed by atoms with van der Waals surface area (Å²) in [5.74, 6) is -0.195. The van der Waals surface area contributed by atoms with Crippen LogP contribution in [0.2, 0.25) is 0 Å². The van der Waals surface area contributed by atoms with E-state index in [0.29, 0.717) is 17.9 Å². The SMILES string of the molecule is Cc1cc(N)c(C(=O)NC2(C)CCOC2C)cn1. The molecule has 1 aromatic heterocycles. The molecule has 2 rings (SSSR count). The summed E-state index contributed by atoms with van der Waals surface area (Å²) in [7, 11) is 0. The number of nitrogen functional groups attached to an aromatic ring is 1. The van der Waals surface area contributed by atoms with E-state index in [-0.39, 0.29) is 17.6 Å². The number of nitrogens with zero attached hydrogens (tertiary/aromatic N) is 1. The van der Waals surface area contributed by atoms with Gasteiger partial charge in [0.05, 0.1) is 17.2 Å². The monoisotopic (exact) mass is 249 g/mol. The van der Waals surface area contributed by atoms with Gasteiger partial charge in [0, 0.05) is 24.2 Å². The van der Waals surface area contributed by atoms with Crippen LogP contribution in [0, 0.1) is 6.92 Å². The Morgan fingerprint density at radius 1 is 1.67 bits per heavy atom. The van der Waals surface area contributed by atoms with Gasteiger partial charge in [-0.05, 0) is 33.3 Å². The molecule has 5 heteroatoms. The summed E-state index contributed by atoms with van der Waals surface area (Å²) < 4.78 is 5.49. The molecule has 98 valence electrons. The zero-order valence-corrected chi connectivity index (χ0v) is 11.0. The van der Waals surface area contributed by atoms with Crippen LogP contribution in [-0.4, -0.2) is 29.1 Å². The summed E-state index contributed by atoms with van der Waals surface area (Å²) in [6, 6.07) is 1.70. The second-order valence-corrected chi connectivity index (χ2v) is 5.05. The lowest BCUT2D eigenvalue weighted by molar-refractivity contribution is 0.0728. The maximum Gasteiger partial charge on any atom is 0.255 e. The second-order valence-electron chi connectivity index (χ2n) is 5.05. The van der Waals surface area contributed by atoms with E-state index in [1.165, 1.54) is 6.20 Å². The lowest BCUT2D eigenvalue weighted by atomic mass is 9.94. The largest absolute Gasteiger partial charge is 0.398 e. The number of nitrogens with one attached hydrogen (secondary N) is 1. The molecule has 5 nitrogen and oxygen atoms in total. The van der Waals surface area contributed by atoms with Crippen molar-refractivity contribution in [2.24, 2.45) is 0 Å². The summed E-state index contributed by atoms with van der Waals surface area (Å²) in [5, 5.41) is 3.00. The van der Waals surface area contributed by atoms with Crippen LogP contribution in [0.15, 0.2) is 12.3 Å². The predicted molar refractivity (Wildman–Crippen MR) is 69.3 cm³/mol. The average Bonchev–Trinajstić information content (AvgIpc) is 2.58. The van der Waals surface area contributed by atoms with Gasteiger partial charge in [0.2, 0.25) is 0 Å². The minimum absolute atomic E-state index is 0.00100. The fourth-order valence-corrected chi connectivity index (χ4v) is 2.10. The Balaban J connectivity index is 2.17. The standard InChI is InChI=1S/C13H19N3O2/c1-8-6-11(14)10(7-15-8)12(17)16-13(3)4-5-18-9(13)2/h6-7,9H,4-5H2,1-3H3,(H2,14,15)(H,16,17). The molecule has 0 aromatic carbocycles. The summed E-state index contributed by atoms with van der Waals surface area (Å²) in [6.45, 7) is 6.45. The first kappa shape index (κ1) is 12.8. The van der Waals surface area contributed by atoms with Crippen LogP contribution in [0.3, 0.4) is 0 Å². The zero-order valence-electron chi connectivity index (χ0n) is 11.0. The molecule has 2 unspecified atom stereocenters. The summed E-state index contributed by atoms with van der Waals surface area (Å²) in [5.41, 5.74) is 7.17. The number of hydrogen-bond donors (Lipinski definition) is 2. The third kappa shape index (κ3) is 2.31. The number of nitrogens with two attached hydrogens (primary N) is 1. The zero-order chi connectivity index (χ0) is 13.3. The van der Waals surface area contributed by atoms with E-state index in [9.17, 15) is 4.79 Å². The molecule has 2 heterocycles. The minimum Gasteiger partial charge on any atom is -0.398 e. The molecular weight excluding hydrogens is 230 g/mol. The molecule has 18 heavy (non-hydrogen) atoms. The Hall–Kier alpha value is -1.62. The molecule has 0 bridgehead atoms.